The molecule has 0 radical (unpaired) electrons. The first-order valence-electron chi connectivity index (χ1n) is 9.53. The van der Waals surface area contributed by atoms with Crippen LogP contribution in [0.3, 0.4) is 0 Å². The first-order valence-corrected chi connectivity index (χ1v) is 9.53. The number of nitrogen functional groups attached to an aromatic ring is 1. The summed E-state index contributed by atoms with van der Waals surface area (Å²) in [6.45, 7) is 15.8. The minimum Gasteiger partial charge on any atom is -0.399 e. The maximum Gasteiger partial charge on any atom is 0.0388 e. The first-order chi connectivity index (χ1) is 13.1. The van der Waals surface area contributed by atoms with E-state index in [-0.39, 0.29) is 0 Å². The molecule has 0 saturated heterocycles. The van der Waals surface area contributed by atoms with Crippen LogP contribution in [0.2, 0.25) is 0 Å². The largest absolute Gasteiger partial charge is 0.399 e. The zero-order chi connectivity index (χ0) is 21.3. The van der Waals surface area contributed by atoms with E-state index in [1.807, 2.05) is 45.9 Å². The van der Waals surface area contributed by atoms with Gasteiger partial charge in [0.15, 0.2) is 0 Å². The molecule has 0 aliphatic carbocycles. The van der Waals surface area contributed by atoms with Crippen LogP contribution in [-0.2, 0) is 0 Å². The Morgan fingerprint density at radius 1 is 0.857 bits per heavy atom. The number of benzene rings is 3. The summed E-state index contributed by atoms with van der Waals surface area (Å²) in [4.78, 5) is 4.13. The molecule has 0 atom stereocenters. The molecule has 0 spiro atoms. The molecular formula is C26H34N2. The topological polar surface area (TPSA) is 38.4 Å². The molecule has 0 aliphatic rings. The van der Waals surface area contributed by atoms with E-state index in [0.29, 0.717) is 0 Å². The van der Waals surface area contributed by atoms with Gasteiger partial charge in [-0.25, -0.2) is 0 Å². The van der Waals surface area contributed by atoms with Crippen LogP contribution in [0.1, 0.15) is 43.0 Å². The van der Waals surface area contributed by atoms with Gasteiger partial charge in [-0.1, -0.05) is 53.6 Å². The molecule has 3 aromatic carbocycles. The van der Waals surface area contributed by atoms with Crippen LogP contribution in [0.5, 0.6) is 0 Å². The van der Waals surface area contributed by atoms with Crippen molar-refractivity contribution in [3.63, 3.8) is 0 Å². The van der Waals surface area contributed by atoms with Crippen LogP contribution in [0.25, 0.3) is 10.8 Å². The molecule has 0 heterocycles. The summed E-state index contributed by atoms with van der Waals surface area (Å²) in [6.07, 6.45) is 0. The summed E-state index contributed by atoms with van der Waals surface area (Å²) in [5.41, 5.74) is 13.7. The molecule has 148 valence electrons. The van der Waals surface area contributed by atoms with Crippen molar-refractivity contribution >= 4 is 22.2 Å². The van der Waals surface area contributed by atoms with Crippen LogP contribution in [0, 0.1) is 20.8 Å². The van der Waals surface area contributed by atoms with E-state index in [9.17, 15) is 0 Å². The average molecular weight is 375 g/mol. The lowest BCUT2D eigenvalue weighted by atomic mass is 10.0. The van der Waals surface area contributed by atoms with Gasteiger partial charge >= 0.3 is 0 Å². The summed E-state index contributed by atoms with van der Waals surface area (Å²) in [6, 6.07) is 18.9. The standard InChI is InChI=1S/C12H12.C10H14N2.C4H8/c1-9-6-7-12-10(2)4-3-5-11(12)8-9;1-7-6-9(11)4-5-10(7)8(2)12-3;1-4(2)3/h3-8H,1-2H3;4-6H,11H2,1-3H3;1H2,2-3H3. The summed E-state index contributed by atoms with van der Waals surface area (Å²) >= 11 is 0. The molecule has 0 amide bonds. The molecule has 0 fully saturated rings. The average Bonchev–Trinajstić information content (AvgIpc) is 2.61. The number of hydrogen-bond acceptors (Lipinski definition) is 2. The summed E-state index contributed by atoms with van der Waals surface area (Å²) < 4.78 is 0. The van der Waals surface area contributed by atoms with E-state index in [2.05, 4.69) is 61.8 Å². The highest BCUT2D eigenvalue weighted by atomic mass is 14.7. The van der Waals surface area contributed by atoms with Crippen LogP contribution < -0.4 is 5.73 Å². The molecule has 2 nitrogen and oxygen atoms in total. The normalized spacial score (nSPS) is 10.5. The summed E-state index contributed by atoms with van der Waals surface area (Å²) in [5, 5.41) is 2.71. The van der Waals surface area contributed by atoms with E-state index < -0.39 is 0 Å². The van der Waals surface area contributed by atoms with Crippen molar-refractivity contribution in [2.75, 3.05) is 12.8 Å². The predicted octanol–water partition coefficient (Wildman–Crippen LogP) is 7.06. The molecule has 2 N–H and O–H groups in total. The third-order valence-electron chi connectivity index (χ3n) is 4.23. The molecule has 0 saturated carbocycles. The lowest BCUT2D eigenvalue weighted by Gasteiger charge is -2.04. The van der Waals surface area contributed by atoms with Crippen molar-refractivity contribution in [1.82, 2.24) is 0 Å². The maximum absolute atomic E-state index is 5.63. The lowest BCUT2D eigenvalue weighted by Crippen LogP contribution is -1.98. The van der Waals surface area contributed by atoms with E-state index in [0.717, 1.165) is 11.4 Å². The van der Waals surface area contributed by atoms with Crippen LogP contribution in [0.4, 0.5) is 5.69 Å². The maximum atomic E-state index is 5.63. The lowest BCUT2D eigenvalue weighted by molar-refractivity contribution is 1.37. The van der Waals surface area contributed by atoms with Gasteiger partial charge in [-0.15, -0.1) is 6.58 Å². The van der Waals surface area contributed by atoms with E-state index >= 15 is 0 Å². The van der Waals surface area contributed by atoms with Gasteiger partial charge in [0.1, 0.15) is 0 Å². The van der Waals surface area contributed by atoms with Crippen LogP contribution >= 0.6 is 0 Å². The Hall–Kier alpha value is -2.87. The molecule has 3 rings (SSSR count). The van der Waals surface area contributed by atoms with Gasteiger partial charge < -0.3 is 5.73 Å². The number of nitrogens with two attached hydrogens (primary N) is 1. The summed E-state index contributed by atoms with van der Waals surface area (Å²) in [7, 11) is 1.80. The molecule has 28 heavy (non-hydrogen) atoms. The smallest absolute Gasteiger partial charge is 0.0388 e. The Labute approximate surface area is 170 Å². The third-order valence-corrected chi connectivity index (χ3v) is 4.23. The van der Waals surface area contributed by atoms with Crippen molar-refractivity contribution in [2.24, 2.45) is 4.99 Å². The highest BCUT2D eigenvalue weighted by Crippen LogP contribution is 2.18. The molecule has 0 aliphatic heterocycles. The Morgan fingerprint density at radius 2 is 1.50 bits per heavy atom. The fourth-order valence-electron chi connectivity index (χ4n) is 2.78. The Kier molecular flexibility index (Phi) is 9.17. The minimum absolute atomic E-state index is 0.806. The van der Waals surface area contributed by atoms with E-state index in [1.165, 1.54) is 38.6 Å². The van der Waals surface area contributed by atoms with Gasteiger partial charge in [0, 0.05) is 18.4 Å². The molecule has 0 aromatic heterocycles. The number of allylic oxidation sites excluding steroid dienone is 1. The predicted molar refractivity (Wildman–Crippen MR) is 128 cm³/mol. The molecule has 2 heteroatoms. The highest BCUT2D eigenvalue weighted by molar-refractivity contribution is 6.00. The second-order valence-corrected chi connectivity index (χ2v) is 7.39. The number of aliphatic imine (C=N–C) groups is 1. The number of aryl methyl sites for hydroxylation is 3. The SMILES string of the molecule is C=C(C)C.CN=C(C)c1ccc(N)cc1C.Cc1ccc2c(C)cccc2c1. The fraction of sp³-hybridized carbons (Fsp3) is 0.269. The van der Waals surface area contributed by atoms with Gasteiger partial charge in [0.05, 0.1) is 0 Å². The fourth-order valence-corrected chi connectivity index (χ4v) is 2.78. The van der Waals surface area contributed by atoms with Gasteiger partial charge in [0.25, 0.3) is 0 Å². The van der Waals surface area contributed by atoms with Crippen molar-refractivity contribution in [1.29, 1.82) is 0 Å². The first kappa shape index (κ1) is 23.2. The molecule has 3 aromatic rings. The number of fused-ring (bicyclic) bond motifs is 1. The Morgan fingerprint density at radius 3 is 2.07 bits per heavy atom. The Bertz CT molecular complexity index is 961. The number of hydrogen-bond donors (Lipinski definition) is 1. The molecule has 0 unspecified atom stereocenters. The van der Waals surface area contributed by atoms with Crippen molar-refractivity contribution in [2.45, 2.75) is 41.5 Å². The second kappa shape index (κ2) is 11.1. The zero-order valence-corrected chi connectivity index (χ0v) is 18.4. The van der Waals surface area contributed by atoms with Crippen LogP contribution in [-0.4, -0.2) is 12.8 Å². The van der Waals surface area contributed by atoms with Crippen molar-refractivity contribution in [3.05, 3.63) is 89.0 Å². The van der Waals surface area contributed by atoms with Gasteiger partial charge in [0.2, 0.25) is 0 Å². The van der Waals surface area contributed by atoms with E-state index in [4.69, 9.17) is 5.73 Å². The molecular weight excluding hydrogens is 340 g/mol. The third kappa shape index (κ3) is 7.40. The Balaban J connectivity index is 0.000000236. The number of rotatable bonds is 1. The van der Waals surface area contributed by atoms with Crippen LogP contribution in [0.15, 0.2) is 71.7 Å². The number of nitrogens with zero attached hydrogens (tertiary/aromatic N) is 1. The quantitative estimate of drug-likeness (QED) is 0.276. The van der Waals surface area contributed by atoms with Crippen molar-refractivity contribution in [3.8, 4) is 0 Å². The van der Waals surface area contributed by atoms with Gasteiger partial charge in [-0.2, -0.15) is 0 Å². The van der Waals surface area contributed by atoms with Gasteiger partial charge in [-0.05, 0) is 81.1 Å². The highest BCUT2D eigenvalue weighted by Gasteiger charge is 2.00. The summed E-state index contributed by atoms with van der Waals surface area (Å²) in [5.74, 6) is 0. The molecule has 0 bridgehead atoms. The monoisotopic (exact) mass is 374 g/mol. The number of anilines is 1. The van der Waals surface area contributed by atoms with Crippen molar-refractivity contribution < 1.29 is 0 Å². The van der Waals surface area contributed by atoms with Gasteiger partial charge in [-0.3, -0.25) is 4.99 Å². The second-order valence-electron chi connectivity index (χ2n) is 7.39. The van der Waals surface area contributed by atoms with E-state index in [1.54, 1.807) is 7.05 Å². The zero-order valence-electron chi connectivity index (χ0n) is 18.4. The minimum atomic E-state index is 0.806.